The fraction of sp³-hybridized carbons (Fsp3) is 0.250. The monoisotopic (exact) mass is 302 g/mol. The molecule has 5 heteroatoms. The van der Waals surface area contributed by atoms with Gasteiger partial charge < -0.3 is 10.0 Å². The third kappa shape index (κ3) is 2.85. The number of hydrogen-bond donors (Lipinski definition) is 1. The molecule has 2 aromatic rings. The molecule has 0 saturated heterocycles. The molecule has 0 fully saturated rings. The molecule has 1 aliphatic heterocycles. The smallest absolute Gasteiger partial charge is 0.339 e. The lowest BCUT2D eigenvalue weighted by atomic mass is 10.0. The molecule has 0 aliphatic carbocycles. The van der Waals surface area contributed by atoms with Crippen molar-refractivity contribution in [3.63, 3.8) is 0 Å². The molecule has 0 spiro atoms. The molecule has 2 heterocycles. The Labute approximate surface area is 128 Å². The third-order valence-electron chi connectivity index (χ3n) is 3.72. The zero-order valence-electron chi connectivity index (χ0n) is 11.4. The number of hydrogen-bond acceptors (Lipinski definition) is 3. The van der Waals surface area contributed by atoms with Gasteiger partial charge in [-0.2, -0.15) is 0 Å². The van der Waals surface area contributed by atoms with E-state index >= 15 is 0 Å². The number of nitrogens with zero attached hydrogens (tertiary/aromatic N) is 2. The van der Waals surface area contributed by atoms with Crippen LogP contribution >= 0.6 is 11.6 Å². The van der Waals surface area contributed by atoms with Crippen LogP contribution in [0.1, 0.15) is 27.9 Å². The zero-order valence-corrected chi connectivity index (χ0v) is 12.2. The minimum Gasteiger partial charge on any atom is -0.478 e. The van der Waals surface area contributed by atoms with Gasteiger partial charge in [-0.05, 0) is 36.1 Å². The highest BCUT2D eigenvalue weighted by Crippen LogP contribution is 2.26. The van der Waals surface area contributed by atoms with E-state index in [1.807, 2.05) is 17.0 Å². The lowest BCUT2D eigenvalue weighted by Crippen LogP contribution is -2.26. The van der Waals surface area contributed by atoms with Gasteiger partial charge in [0.2, 0.25) is 0 Å². The van der Waals surface area contributed by atoms with Crippen molar-refractivity contribution in [1.82, 2.24) is 4.98 Å². The summed E-state index contributed by atoms with van der Waals surface area (Å²) in [5.41, 5.74) is 2.73. The number of aryl methyl sites for hydroxylation is 1. The summed E-state index contributed by atoms with van der Waals surface area (Å²) in [7, 11) is 0. The van der Waals surface area contributed by atoms with E-state index in [9.17, 15) is 9.90 Å². The first-order valence-electron chi connectivity index (χ1n) is 6.87. The Balaban J connectivity index is 2.01. The zero-order chi connectivity index (χ0) is 14.8. The number of carboxylic acid groups (broad SMARTS) is 1. The van der Waals surface area contributed by atoms with E-state index in [0.29, 0.717) is 17.5 Å². The first-order valence-corrected chi connectivity index (χ1v) is 7.24. The number of aromatic carboxylic acids is 1. The van der Waals surface area contributed by atoms with Crippen molar-refractivity contribution in [2.45, 2.75) is 19.4 Å². The molecule has 1 aliphatic rings. The van der Waals surface area contributed by atoms with Gasteiger partial charge >= 0.3 is 5.97 Å². The van der Waals surface area contributed by atoms with Gasteiger partial charge in [-0.25, -0.2) is 9.78 Å². The number of aromatic nitrogens is 1. The number of carboxylic acids is 1. The van der Waals surface area contributed by atoms with Crippen LogP contribution in [0.3, 0.4) is 0 Å². The highest BCUT2D eigenvalue weighted by molar-refractivity contribution is 6.29. The van der Waals surface area contributed by atoms with Crippen molar-refractivity contribution in [2.75, 3.05) is 11.4 Å². The summed E-state index contributed by atoms with van der Waals surface area (Å²) in [6.07, 6.45) is 1.96. The van der Waals surface area contributed by atoms with Crippen LogP contribution in [0.2, 0.25) is 5.15 Å². The Morgan fingerprint density at radius 2 is 1.95 bits per heavy atom. The van der Waals surface area contributed by atoms with Gasteiger partial charge in [0, 0.05) is 13.1 Å². The Kier molecular flexibility index (Phi) is 3.80. The molecule has 21 heavy (non-hydrogen) atoms. The van der Waals surface area contributed by atoms with Gasteiger partial charge in [0.15, 0.2) is 0 Å². The van der Waals surface area contributed by atoms with Gasteiger partial charge in [0.05, 0.1) is 0 Å². The predicted molar refractivity (Wildman–Crippen MR) is 82.0 cm³/mol. The number of rotatable bonds is 2. The van der Waals surface area contributed by atoms with Crippen molar-refractivity contribution in [3.8, 4) is 0 Å². The van der Waals surface area contributed by atoms with Crippen molar-refractivity contribution in [1.29, 1.82) is 0 Å². The summed E-state index contributed by atoms with van der Waals surface area (Å²) in [5.74, 6) is -0.529. The second kappa shape index (κ2) is 5.74. The average Bonchev–Trinajstić information content (AvgIpc) is 2.68. The van der Waals surface area contributed by atoms with Crippen molar-refractivity contribution in [2.24, 2.45) is 0 Å². The second-order valence-corrected chi connectivity index (χ2v) is 5.49. The minimum absolute atomic E-state index is 0.193. The molecule has 0 unspecified atom stereocenters. The van der Waals surface area contributed by atoms with E-state index in [2.05, 4.69) is 17.1 Å². The highest BCUT2D eigenvalue weighted by Gasteiger charge is 2.21. The number of pyridine rings is 1. The molecule has 0 amide bonds. The summed E-state index contributed by atoms with van der Waals surface area (Å²) >= 11 is 5.95. The van der Waals surface area contributed by atoms with E-state index in [0.717, 1.165) is 19.4 Å². The van der Waals surface area contributed by atoms with Crippen LogP contribution in [0.25, 0.3) is 0 Å². The Bertz CT molecular complexity index is 688. The van der Waals surface area contributed by atoms with Crippen LogP contribution in [0.4, 0.5) is 5.82 Å². The Hall–Kier alpha value is -2.07. The van der Waals surface area contributed by atoms with Crippen LogP contribution in [-0.4, -0.2) is 22.6 Å². The van der Waals surface area contributed by atoms with Gasteiger partial charge in [-0.1, -0.05) is 35.9 Å². The maximum Gasteiger partial charge on any atom is 0.339 e. The lowest BCUT2D eigenvalue weighted by molar-refractivity contribution is 0.0697. The standard InChI is InChI=1S/C16H15ClN2O2/c17-14-8-7-13(16(20)21)15(18-14)19-9-3-6-11-4-1-2-5-12(11)10-19/h1-2,4-5,7-8H,3,6,9-10H2,(H,20,21). The summed E-state index contributed by atoms with van der Waals surface area (Å²) < 4.78 is 0. The van der Waals surface area contributed by atoms with E-state index in [4.69, 9.17) is 11.6 Å². The maximum absolute atomic E-state index is 11.4. The third-order valence-corrected chi connectivity index (χ3v) is 3.94. The van der Waals surface area contributed by atoms with Crippen LogP contribution in [-0.2, 0) is 13.0 Å². The summed E-state index contributed by atoms with van der Waals surface area (Å²) in [6.45, 7) is 1.42. The molecule has 0 bridgehead atoms. The average molecular weight is 303 g/mol. The molecule has 3 rings (SSSR count). The molecule has 1 aromatic carbocycles. The van der Waals surface area contributed by atoms with Gasteiger partial charge in [0.25, 0.3) is 0 Å². The molecule has 0 radical (unpaired) electrons. The second-order valence-electron chi connectivity index (χ2n) is 5.10. The maximum atomic E-state index is 11.4. The van der Waals surface area contributed by atoms with Crippen LogP contribution in [0.15, 0.2) is 36.4 Å². The Morgan fingerprint density at radius 1 is 1.19 bits per heavy atom. The molecule has 1 N–H and O–H groups in total. The van der Waals surface area contributed by atoms with Crippen LogP contribution in [0, 0.1) is 0 Å². The highest BCUT2D eigenvalue weighted by atomic mass is 35.5. The van der Waals surface area contributed by atoms with Crippen LogP contribution < -0.4 is 4.90 Å². The summed E-state index contributed by atoms with van der Waals surface area (Å²) in [4.78, 5) is 17.6. The lowest BCUT2D eigenvalue weighted by Gasteiger charge is -2.23. The largest absolute Gasteiger partial charge is 0.478 e. The first kappa shape index (κ1) is 13.9. The number of halogens is 1. The summed E-state index contributed by atoms with van der Waals surface area (Å²) in [6, 6.07) is 11.3. The van der Waals surface area contributed by atoms with Crippen molar-refractivity contribution in [3.05, 3.63) is 58.2 Å². The van der Waals surface area contributed by atoms with Crippen molar-refractivity contribution < 1.29 is 9.90 Å². The van der Waals surface area contributed by atoms with Gasteiger partial charge in [0.1, 0.15) is 16.5 Å². The van der Waals surface area contributed by atoms with Gasteiger partial charge in [-0.15, -0.1) is 0 Å². The molecule has 0 saturated carbocycles. The normalized spacial score (nSPS) is 14.4. The topological polar surface area (TPSA) is 53.4 Å². The number of benzene rings is 1. The van der Waals surface area contributed by atoms with Crippen molar-refractivity contribution >= 4 is 23.4 Å². The quantitative estimate of drug-likeness (QED) is 0.864. The SMILES string of the molecule is O=C(O)c1ccc(Cl)nc1N1CCCc2ccccc2C1. The predicted octanol–water partition coefficient (Wildman–Crippen LogP) is 3.39. The van der Waals surface area contributed by atoms with E-state index in [1.54, 1.807) is 0 Å². The fourth-order valence-corrected chi connectivity index (χ4v) is 2.86. The molecular weight excluding hydrogens is 288 g/mol. The van der Waals surface area contributed by atoms with E-state index < -0.39 is 5.97 Å². The summed E-state index contributed by atoms with van der Waals surface area (Å²) in [5, 5.41) is 9.66. The molecule has 108 valence electrons. The van der Waals surface area contributed by atoms with Gasteiger partial charge in [-0.3, -0.25) is 0 Å². The van der Waals surface area contributed by atoms with E-state index in [-0.39, 0.29) is 5.56 Å². The Morgan fingerprint density at radius 3 is 2.71 bits per heavy atom. The fourth-order valence-electron chi connectivity index (χ4n) is 2.71. The molecule has 1 aromatic heterocycles. The first-order chi connectivity index (χ1) is 10.1. The van der Waals surface area contributed by atoms with Crippen LogP contribution in [0.5, 0.6) is 0 Å². The van der Waals surface area contributed by atoms with E-state index in [1.165, 1.54) is 23.3 Å². The number of carbonyl (C=O) groups is 1. The number of fused-ring (bicyclic) bond motifs is 1. The molecule has 0 atom stereocenters. The molecule has 4 nitrogen and oxygen atoms in total. The number of anilines is 1. The minimum atomic E-state index is -0.980. The molecular formula is C16H15ClN2O2.